The van der Waals surface area contributed by atoms with Crippen molar-refractivity contribution in [1.29, 1.82) is 0 Å². The predicted octanol–water partition coefficient (Wildman–Crippen LogP) is 16.0. The Balaban J connectivity index is 2.72. The fourth-order valence-electron chi connectivity index (χ4n) is 8.38. The molecule has 0 amide bonds. The molecule has 1 heterocycles. The lowest BCUT2D eigenvalue weighted by atomic mass is 9.98. The Morgan fingerprint density at radius 1 is 0.430 bits per heavy atom. The summed E-state index contributed by atoms with van der Waals surface area (Å²) in [5.74, 6) is -3.23. The standard InChI is InChI=1S/C67H106O12/c1-4-7-10-13-16-19-22-25-27-29-30-32-33-36-38-41-44-47-50-53-59(68)75-56-58(77-60(69)54-51-48-45-42-39-35-24-21-18-15-12-9-6-3)57-76-67-65(63(72)62(71)64(79-67)66(73)74)78-61(70)55-52-49-46-43-40-37-34-31-28-26-23-20-17-14-11-8-5-2/h7,9-10,12,16-21,25-28,30,32,35-36,38-39,58,62-65,67,71-72H,4-6,8,11,13-15,22-24,29,31,33-34,37,40-57H2,1-3H3,(H,73,74)/b10-7-,12-9-,19-16-,20-17-,21-18-,27-25-,28-26-,32-30-,38-36-,39-35-. The minimum Gasteiger partial charge on any atom is -0.479 e. The van der Waals surface area contributed by atoms with E-state index in [9.17, 15) is 34.5 Å². The number of hydrogen-bond acceptors (Lipinski definition) is 11. The summed E-state index contributed by atoms with van der Waals surface area (Å²) in [5, 5.41) is 31.5. The van der Waals surface area contributed by atoms with Crippen LogP contribution in [0.15, 0.2) is 122 Å². The lowest BCUT2D eigenvalue weighted by molar-refractivity contribution is -0.301. The highest BCUT2D eigenvalue weighted by atomic mass is 16.7. The molecule has 446 valence electrons. The van der Waals surface area contributed by atoms with Crippen LogP contribution in [0.5, 0.6) is 0 Å². The van der Waals surface area contributed by atoms with Gasteiger partial charge in [0.1, 0.15) is 18.8 Å². The number of carbonyl (C=O) groups excluding carboxylic acids is 3. The minimum atomic E-state index is -1.92. The largest absolute Gasteiger partial charge is 0.479 e. The molecule has 79 heavy (non-hydrogen) atoms. The molecule has 12 nitrogen and oxygen atoms in total. The van der Waals surface area contributed by atoms with Gasteiger partial charge in [0, 0.05) is 19.3 Å². The third kappa shape index (κ3) is 43.6. The van der Waals surface area contributed by atoms with Gasteiger partial charge in [-0.2, -0.15) is 0 Å². The van der Waals surface area contributed by atoms with Crippen molar-refractivity contribution in [2.24, 2.45) is 0 Å². The SMILES string of the molecule is CC/C=C\C/C=C\C/C=C\C/C=C\C/C=C\CCCCCC(=O)OCC(COC1OC(C(=O)O)C(O)C(O)C1OC(=O)CCCCCCCCC/C=C\C/C=C\CCCCC)OC(=O)CCCCC/C=C\C/C=C\C/C=C\CC. The lowest BCUT2D eigenvalue weighted by Gasteiger charge is -2.40. The Bertz CT molecular complexity index is 1840. The Labute approximate surface area is 478 Å². The quantitative estimate of drug-likeness (QED) is 0.0228. The summed E-state index contributed by atoms with van der Waals surface area (Å²) >= 11 is 0. The molecule has 0 aromatic carbocycles. The summed E-state index contributed by atoms with van der Waals surface area (Å²) in [6.07, 6.45) is 61.6. The molecule has 3 N–H and O–H groups in total. The number of carbonyl (C=O) groups is 4. The highest BCUT2D eigenvalue weighted by Crippen LogP contribution is 2.26. The topological polar surface area (TPSA) is 175 Å². The number of rotatable bonds is 50. The highest BCUT2D eigenvalue weighted by molar-refractivity contribution is 5.74. The molecule has 0 radical (unpaired) electrons. The number of esters is 3. The zero-order valence-corrected chi connectivity index (χ0v) is 49.1. The fraction of sp³-hybridized carbons (Fsp3) is 0.642. The molecule has 12 heteroatoms. The van der Waals surface area contributed by atoms with Crippen LogP contribution in [0.2, 0.25) is 0 Å². The third-order valence-electron chi connectivity index (χ3n) is 13.0. The molecule has 1 aliphatic heterocycles. The van der Waals surface area contributed by atoms with Crippen LogP contribution in [0.25, 0.3) is 0 Å². The number of aliphatic carboxylic acids is 1. The Morgan fingerprint density at radius 3 is 1.23 bits per heavy atom. The van der Waals surface area contributed by atoms with Crippen LogP contribution in [0.3, 0.4) is 0 Å². The number of unbranched alkanes of at least 4 members (excludes halogenated alkanes) is 16. The van der Waals surface area contributed by atoms with Crippen molar-refractivity contribution >= 4 is 23.9 Å². The molecule has 0 bridgehead atoms. The number of carboxylic acids is 1. The second-order valence-corrected chi connectivity index (χ2v) is 20.2. The van der Waals surface area contributed by atoms with Crippen LogP contribution in [0.1, 0.15) is 226 Å². The Hall–Kier alpha value is -4.88. The van der Waals surface area contributed by atoms with Gasteiger partial charge in [-0.3, -0.25) is 14.4 Å². The monoisotopic (exact) mass is 1100 g/mol. The average molecular weight is 1100 g/mol. The summed E-state index contributed by atoms with van der Waals surface area (Å²) in [6.45, 7) is 5.68. The van der Waals surface area contributed by atoms with Crippen molar-refractivity contribution in [2.75, 3.05) is 13.2 Å². The van der Waals surface area contributed by atoms with Gasteiger partial charge in [-0.25, -0.2) is 4.79 Å². The number of aliphatic hydroxyl groups is 2. The normalized spacial score (nSPS) is 18.7. The number of hydrogen-bond donors (Lipinski definition) is 3. The first kappa shape index (κ1) is 72.1. The van der Waals surface area contributed by atoms with E-state index in [-0.39, 0.29) is 25.9 Å². The molecule has 0 saturated carbocycles. The minimum absolute atomic E-state index is 0.0383. The van der Waals surface area contributed by atoms with Gasteiger partial charge >= 0.3 is 23.9 Å². The van der Waals surface area contributed by atoms with Gasteiger partial charge in [0.15, 0.2) is 24.6 Å². The molecule has 1 aliphatic rings. The Kier molecular flexibility index (Phi) is 49.1. The van der Waals surface area contributed by atoms with Crippen LogP contribution < -0.4 is 0 Å². The molecule has 0 spiro atoms. The summed E-state index contributed by atoms with van der Waals surface area (Å²) in [6, 6.07) is 0. The van der Waals surface area contributed by atoms with Gasteiger partial charge in [0.05, 0.1) is 6.61 Å². The summed E-state index contributed by atoms with van der Waals surface area (Å²) < 4.78 is 28.4. The van der Waals surface area contributed by atoms with E-state index in [1.807, 2.05) is 0 Å². The van der Waals surface area contributed by atoms with Crippen LogP contribution in [-0.4, -0.2) is 89.2 Å². The van der Waals surface area contributed by atoms with Crippen molar-refractivity contribution in [1.82, 2.24) is 0 Å². The van der Waals surface area contributed by atoms with Gasteiger partial charge in [0.2, 0.25) is 0 Å². The van der Waals surface area contributed by atoms with Crippen molar-refractivity contribution in [3.63, 3.8) is 0 Å². The molecule has 0 aromatic heterocycles. The molecular formula is C67H106O12. The second-order valence-electron chi connectivity index (χ2n) is 20.2. The van der Waals surface area contributed by atoms with Gasteiger partial charge in [0.25, 0.3) is 0 Å². The van der Waals surface area contributed by atoms with E-state index >= 15 is 0 Å². The smallest absolute Gasteiger partial charge is 0.335 e. The van der Waals surface area contributed by atoms with Crippen molar-refractivity contribution in [3.8, 4) is 0 Å². The lowest BCUT2D eigenvalue weighted by Crippen LogP contribution is -2.61. The van der Waals surface area contributed by atoms with Crippen LogP contribution in [-0.2, 0) is 42.9 Å². The zero-order chi connectivity index (χ0) is 57.5. The maximum atomic E-state index is 13.1. The molecule has 1 fully saturated rings. The first-order chi connectivity index (χ1) is 38.6. The van der Waals surface area contributed by atoms with Crippen molar-refractivity contribution in [2.45, 2.75) is 263 Å². The molecule has 6 unspecified atom stereocenters. The van der Waals surface area contributed by atoms with E-state index in [4.69, 9.17) is 23.7 Å². The van der Waals surface area contributed by atoms with E-state index in [1.165, 1.54) is 19.3 Å². The van der Waals surface area contributed by atoms with Crippen molar-refractivity contribution in [3.05, 3.63) is 122 Å². The number of carboxylic acid groups (broad SMARTS) is 1. The van der Waals surface area contributed by atoms with Gasteiger partial charge < -0.3 is 39.0 Å². The molecule has 1 rings (SSSR count). The predicted molar refractivity (Wildman–Crippen MR) is 321 cm³/mol. The molecule has 0 aliphatic carbocycles. The van der Waals surface area contributed by atoms with E-state index in [2.05, 4.69) is 142 Å². The van der Waals surface area contributed by atoms with Crippen molar-refractivity contribution < 1.29 is 58.2 Å². The third-order valence-corrected chi connectivity index (χ3v) is 13.0. The fourth-order valence-corrected chi connectivity index (χ4v) is 8.38. The molecule has 0 aromatic rings. The number of allylic oxidation sites excluding steroid dienone is 20. The molecule has 1 saturated heterocycles. The summed E-state index contributed by atoms with van der Waals surface area (Å²) in [5.41, 5.74) is 0. The number of aliphatic hydroxyl groups excluding tert-OH is 2. The van der Waals surface area contributed by atoms with E-state index < -0.39 is 67.3 Å². The van der Waals surface area contributed by atoms with Crippen LogP contribution in [0, 0.1) is 0 Å². The average Bonchev–Trinajstić information content (AvgIpc) is 3.47. The van der Waals surface area contributed by atoms with Crippen LogP contribution in [0.4, 0.5) is 0 Å². The summed E-state index contributed by atoms with van der Waals surface area (Å²) in [4.78, 5) is 51.2. The maximum Gasteiger partial charge on any atom is 0.335 e. The van der Waals surface area contributed by atoms with E-state index in [1.54, 1.807) is 0 Å². The second kappa shape index (κ2) is 53.7. The molecular weight excluding hydrogens is 997 g/mol. The number of ether oxygens (including phenoxy) is 5. The first-order valence-corrected chi connectivity index (χ1v) is 30.5. The van der Waals surface area contributed by atoms with Gasteiger partial charge in [-0.1, -0.05) is 200 Å². The molecule has 6 atom stereocenters. The Morgan fingerprint density at radius 2 is 0.797 bits per heavy atom. The van der Waals surface area contributed by atoms with Crippen LogP contribution >= 0.6 is 0 Å². The zero-order valence-electron chi connectivity index (χ0n) is 49.1. The van der Waals surface area contributed by atoms with E-state index in [0.29, 0.717) is 19.3 Å². The highest BCUT2D eigenvalue weighted by Gasteiger charge is 2.50. The first-order valence-electron chi connectivity index (χ1n) is 30.5. The maximum absolute atomic E-state index is 13.1. The van der Waals surface area contributed by atoms with Gasteiger partial charge in [-0.05, 0) is 128 Å². The van der Waals surface area contributed by atoms with E-state index in [0.717, 1.165) is 148 Å². The summed E-state index contributed by atoms with van der Waals surface area (Å²) in [7, 11) is 0. The van der Waals surface area contributed by atoms with Gasteiger partial charge in [-0.15, -0.1) is 0 Å².